The molecule has 19 heavy (non-hydrogen) atoms. The summed E-state index contributed by atoms with van der Waals surface area (Å²) in [7, 11) is 0. The lowest BCUT2D eigenvalue weighted by Gasteiger charge is -2.25. The SMILES string of the molecule is CCN(CCO)C(C)c1nc2cc(C)c(C)cc2[nH]1. The third-order valence-corrected chi connectivity index (χ3v) is 3.85. The van der Waals surface area contributed by atoms with Crippen LogP contribution in [0.4, 0.5) is 0 Å². The largest absolute Gasteiger partial charge is 0.395 e. The molecule has 104 valence electrons. The van der Waals surface area contributed by atoms with Crippen LogP contribution in [0.15, 0.2) is 12.1 Å². The Morgan fingerprint density at radius 3 is 2.63 bits per heavy atom. The Bertz CT molecular complexity index is 523. The molecule has 0 amide bonds. The fraction of sp³-hybridized carbons (Fsp3) is 0.533. The quantitative estimate of drug-likeness (QED) is 0.869. The van der Waals surface area contributed by atoms with Crippen molar-refractivity contribution in [1.29, 1.82) is 0 Å². The van der Waals surface area contributed by atoms with Gasteiger partial charge in [-0.05, 0) is 50.6 Å². The highest BCUT2D eigenvalue weighted by Gasteiger charge is 2.17. The van der Waals surface area contributed by atoms with E-state index < -0.39 is 0 Å². The van der Waals surface area contributed by atoms with Crippen LogP contribution in [0.5, 0.6) is 0 Å². The number of fused-ring (bicyclic) bond motifs is 1. The van der Waals surface area contributed by atoms with Gasteiger partial charge in [0.25, 0.3) is 0 Å². The van der Waals surface area contributed by atoms with Gasteiger partial charge in [-0.15, -0.1) is 0 Å². The van der Waals surface area contributed by atoms with Gasteiger partial charge in [0.15, 0.2) is 0 Å². The van der Waals surface area contributed by atoms with E-state index in [2.05, 4.69) is 54.7 Å². The maximum Gasteiger partial charge on any atom is 0.124 e. The normalized spacial score (nSPS) is 13.4. The fourth-order valence-electron chi connectivity index (χ4n) is 2.41. The van der Waals surface area contributed by atoms with Crippen molar-refractivity contribution in [1.82, 2.24) is 14.9 Å². The molecule has 1 aromatic heterocycles. The van der Waals surface area contributed by atoms with Gasteiger partial charge in [0.05, 0.1) is 23.7 Å². The van der Waals surface area contributed by atoms with E-state index >= 15 is 0 Å². The highest BCUT2D eigenvalue weighted by Crippen LogP contribution is 2.22. The molecule has 0 aliphatic carbocycles. The van der Waals surface area contributed by atoms with E-state index in [1.54, 1.807) is 0 Å². The summed E-state index contributed by atoms with van der Waals surface area (Å²) in [6.07, 6.45) is 0. The number of benzene rings is 1. The molecule has 4 nitrogen and oxygen atoms in total. The zero-order valence-corrected chi connectivity index (χ0v) is 12.2. The van der Waals surface area contributed by atoms with Crippen molar-refractivity contribution in [2.75, 3.05) is 19.7 Å². The Hall–Kier alpha value is -1.39. The average molecular weight is 261 g/mol. The minimum atomic E-state index is 0.177. The second-order valence-corrected chi connectivity index (χ2v) is 5.10. The number of aromatic nitrogens is 2. The Morgan fingerprint density at radius 2 is 2.00 bits per heavy atom. The molecule has 2 N–H and O–H groups in total. The smallest absolute Gasteiger partial charge is 0.124 e. The van der Waals surface area contributed by atoms with Crippen molar-refractivity contribution < 1.29 is 5.11 Å². The predicted molar refractivity (Wildman–Crippen MR) is 78.3 cm³/mol. The highest BCUT2D eigenvalue weighted by atomic mass is 16.3. The Morgan fingerprint density at radius 1 is 1.32 bits per heavy atom. The first-order valence-electron chi connectivity index (χ1n) is 6.88. The monoisotopic (exact) mass is 261 g/mol. The number of aryl methyl sites for hydroxylation is 2. The summed E-state index contributed by atoms with van der Waals surface area (Å²) in [5.41, 5.74) is 4.65. The number of rotatable bonds is 5. The summed E-state index contributed by atoms with van der Waals surface area (Å²) in [6, 6.07) is 4.46. The lowest BCUT2D eigenvalue weighted by Crippen LogP contribution is -2.30. The van der Waals surface area contributed by atoms with Crippen LogP contribution in [0.25, 0.3) is 11.0 Å². The van der Waals surface area contributed by atoms with Crippen LogP contribution in [0, 0.1) is 13.8 Å². The number of H-pyrrole nitrogens is 1. The van der Waals surface area contributed by atoms with E-state index in [0.717, 1.165) is 23.4 Å². The molecule has 0 aliphatic heterocycles. The van der Waals surface area contributed by atoms with Crippen LogP contribution in [-0.2, 0) is 0 Å². The van der Waals surface area contributed by atoms with Gasteiger partial charge in [-0.3, -0.25) is 4.90 Å². The van der Waals surface area contributed by atoms with Gasteiger partial charge in [0, 0.05) is 6.54 Å². The van der Waals surface area contributed by atoms with Gasteiger partial charge in [0.1, 0.15) is 5.82 Å². The van der Waals surface area contributed by atoms with Gasteiger partial charge < -0.3 is 10.1 Å². The van der Waals surface area contributed by atoms with Crippen molar-refractivity contribution in [2.24, 2.45) is 0 Å². The lowest BCUT2D eigenvalue weighted by atomic mass is 10.1. The fourth-order valence-corrected chi connectivity index (χ4v) is 2.41. The highest BCUT2D eigenvalue weighted by molar-refractivity contribution is 5.77. The van der Waals surface area contributed by atoms with Crippen LogP contribution in [0.2, 0.25) is 0 Å². The molecule has 4 heteroatoms. The molecule has 1 unspecified atom stereocenters. The molecule has 0 saturated carbocycles. The second kappa shape index (κ2) is 5.72. The molecule has 1 heterocycles. The molecule has 0 aliphatic rings. The minimum Gasteiger partial charge on any atom is -0.395 e. The van der Waals surface area contributed by atoms with E-state index in [1.165, 1.54) is 11.1 Å². The first kappa shape index (κ1) is 14.0. The number of imidazole rings is 1. The molecule has 0 saturated heterocycles. The average Bonchev–Trinajstić information content (AvgIpc) is 2.78. The van der Waals surface area contributed by atoms with Crippen LogP contribution < -0.4 is 0 Å². The number of nitrogens with one attached hydrogen (secondary N) is 1. The van der Waals surface area contributed by atoms with Gasteiger partial charge in [0.2, 0.25) is 0 Å². The number of hydrogen-bond donors (Lipinski definition) is 2. The first-order valence-corrected chi connectivity index (χ1v) is 6.88. The number of likely N-dealkylation sites (N-methyl/N-ethyl adjacent to an activating group) is 1. The third-order valence-electron chi connectivity index (χ3n) is 3.85. The van der Waals surface area contributed by atoms with Crippen LogP contribution in [-0.4, -0.2) is 39.7 Å². The van der Waals surface area contributed by atoms with Crippen molar-refractivity contribution in [2.45, 2.75) is 33.7 Å². The van der Waals surface area contributed by atoms with E-state index in [0.29, 0.717) is 6.54 Å². The first-order chi connectivity index (χ1) is 9.06. The molecule has 1 atom stereocenters. The van der Waals surface area contributed by atoms with Crippen LogP contribution in [0.1, 0.15) is 36.8 Å². The molecule has 0 bridgehead atoms. The Labute approximate surface area is 114 Å². The third kappa shape index (κ3) is 2.80. The summed E-state index contributed by atoms with van der Waals surface area (Å²) < 4.78 is 0. The molecule has 0 radical (unpaired) electrons. The van der Waals surface area contributed by atoms with Crippen molar-refractivity contribution in [3.05, 3.63) is 29.1 Å². The molecule has 2 aromatic rings. The molecule has 2 rings (SSSR count). The molecular weight excluding hydrogens is 238 g/mol. The van der Waals surface area contributed by atoms with Crippen molar-refractivity contribution in [3.63, 3.8) is 0 Å². The summed E-state index contributed by atoms with van der Waals surface area (Å²) >= 11 is 0. The summed E-state index contributed by atoms with van der Waals surface area (Å²) in [5, 5.41) is 9.10. The van der Waals surface area contributed by atoms with Gasteiger partial charge in [-0.2, -0.15) is 0 Å². The summed E-state index contributed by atoms with van der Waals surface area (Å²) in [4.78, 5) is 10.3. The van der Waals surface area contributed by atoms with Crippen LogP contribution in [0.3, 0.4) is 0 Å². The van der Waals surface area contributed by atoms with E-state index in [4.69, 9.17) is 5.11 Å². The van der Waals surface area contributed by atoms with E-state index in [-0.39, 0.29) is 12.6 Å². The number of hydrogen-bond acceptors (Lipinski definition) is 3. The number of aliphatic hydroxyl groups excluding tert-OH is 1. The second-order valence-electron chi connectivity index (χ2n) is 5.10. The summed E-state index contributed by atoms with van der Waals surface area (Å²) in [6.45, 7) is 10.2. The van der Waals surface area contributed by atoms with Gasteiger partial charge in [-0.25, -0.2) is 4.98 Å². The van der Waals surface area contributed by atoms with E-state index in [1.807, 2.05) is 0 Å². The molecule has 0 fully saturated rings. The number of nitrogens with zero attached hydrogens (tertiary/aromatic N) is 2. The van der Waals surface area contributed by atoms with Crippen LogP contribution >= 0.6 is 0 Å². The molecule has 0 spiro atoms. The van der Waals surface area contributed by atoms with Crippen molar-refractivity contribution in [3.8, 4) is 0 Å². The number of aliphatic hydroxyl groups is 1. The minimum absolute atomic E-state index is 0.177. The summed E-state index contributed by atoms with van der Waals surface area (Å²) in [5.74, 6) is 0.968. The number of aromatic amines is 1. The lowest BCUT2D eigenvalue weighted by molar-refractivity contribution is 0.161. The standard InChI is InChI=1S/C15H23N3O/c1-5-18(6-7-19)12(4)15-16-13-8-10(2)11(3)9-14(13)17-15/h8-9,12,19H,5-7H2,1-4H3,(H,16,17). The van der Waals surface area contributed by atoms with Crippen molar-refractivity contribution >= 4 is 11.0 Å². The zero-order valence-electron chi connectivity index (χ0n) is 12.2. The molecule has 1 aromatic carbocycles. The topological polar surface area (TPSA) is 52.1 Å². The maximum atomic E-state index is 9.10. The Balaban J connectivity index is 2.34. The maximum absolute atomic E-state index is 9.10. The van der Waals surface area contributed by atoms with Gasteiger partial charge in [-0.1, -0.05) is 6.92 Å². The van der Waals surface area contributed by atoms with E-state index in [9.17, 15) is 0 Å². The van der Waals surface area contributed by atoms with Gasteiger partial charge >= 0.3 is 0 Å². The zero-order chi connectivity index (χ0) is 14.0. The predicted octanol–water partition coefficient (Wildman–Crippen LogP) is 2.55. The Kier molecular flexibility index (Phi) is 4.22. The molecular formula is C15H23N3O.